The molecule has 7 nitrogen and oxygen atoms in total. The van der Waals surface area contributed by atoms with Crippen LogP contribution in [-0.4, -0.2) is 44.1 Å². The number of anilines is 1. The fourth-order valence-corrected chi connectivity index (χ4v) is 3.23. The van der Waals surface area contributed by atoms with Gasteiger partial charge in [0.2, 0.25) is 0 Å². The smallest absolute Gasteiger partial charge is 0.278 e. The summed E-state index contributed by atoms with van der Waals surface area (Å²) in [5.41, 5.74) is 1.62. The van der Waals surface area contributed by atoms with Gasteiger partial charge in [0.15, 0.2) is 0 Å². The van der Waals surface area contributed by atoms with Crippen molar-refractivity contribution in [3.63, 3.8) is 0 Å². The first-order valence-electron chi connectivity index (χ1n) is 9.97. The van der Waals surface area contributed by atoms with E-state index in [0.29, 0.717) is 35.1 Å². The van der Waals surface area contributed by atoms with Gasteiger partial charge >= 0.3 is 0 Å². The van der Waals surface area contributed by atoms with Crippen LogP contribution >= 0.6 is 0 Å². The minimum Gasteiger partial charge on any atom is -0.497 e. The zero-order chi connectivity index (χ0) is 22.4. The Balaban J connectivity index is 2.03. The second-order valence-electron chi connectivity index (χ2n) is 6.82. The first-order valence-corrected chi connectivity index (χ1v) is 9.97. The van der Waals surface area contributed by atoms with Crippen LogP contribution in [-0.2, 0) is 9.59 Å². The third-order valence-electron chi connectivity index (χ3n) is 4.76. The first-order chi connectivity index (χ1) is 15.0. The lowest BCUT2D eigenvalue weighted by Crippen LogP contribution is -2.32. The molecule has 1 aliphatic rings. The molecule has 1 aliphatic heterocycles. The number of methoxy groups -OCH3 is 2. The molecule has 1 N–H and O–H groups in total. The summed E-state index contributed by atoms with van der Waals surface area (Å²) in [4.78, 5) is 27.3. The Bertz CT molecular complexity index is 1010. The number of carbonyl (C=O) groups excluding carboxylic acids is 2. The van der Waals surface area contributed by atoms with Gasteiger partial charge in [-0.25, -0.2) is 0 Å². The third kappa shape index (κ3) is 4.55. The van der Waals surface area contributed by atoms with Crippen molar-refractivity contribution in [2.75, 3.05) is 32.7 Å². The molecule has 1 heterocycles. The van der Waals surface area contributed by atoms with Gasteiger partial charge in [0.25, 0.3) is 11.8 Å². The molecule has 0 spiro atoms. The van der Waals surface area contributed by atoms with Crippen molar-refractivity contribution < 1.29 is 23.8 Å². The van der Waals surface area contributed by atoms with Crippen LogP contribution in [0.3, 0.4) is 0 Å². The van der Waals surface area contributed by atoms with Crippen molar-refractivity contribution in [2.24, 2.45) is 0 Å². The van der Waals surface area contributed by atoms with E-state index in [1.165, 1.54) is 13.2 Å². The van der Waals surface area contributed by atoms with Crippen molar-refractivity contribution in [1.82, 2.24) is 4.90 Å². The van der Waals surface area contributed by atoms with Gasteiger partial charge < -0.3 is 19.5 Å². The number of imide groups is 1. The molecule has 2 amide bonds. The fourth-order valence-electron chi connectivity index (χ4n) is 3.23. The maximum Gasteiger partial charge on any atom is 0.278 e. The quantitative estimate of drug-likeness (QED) is 0.463. The number of rotatable bonds is 10. The number of ether oxygens (including phenoxy) is 3. The molecule has 0 atom stereocenters. The summed E-state index contributed by atoms with van der Waals surface area (Å²) >= 11 is 0. The van der Waals surface area contributed by atoms with Crippen molar-refractivity contribution >= 4 is 23.1 Å². The van der Waals surface area contributed by atoms with Crippen LogP contribution < -0.4 is 19.5 Å². The molecule has 0 bridgehead atoms. The Hall–Kier alpha value is -3.74. The van der Waals surface area contributed by atoms with E-state index >= 15 is 0 Å². The summed E-state index contributed by atoms with van der Waals surface area (Å²) in [5.74, 6) is 0.988. The van der Waals surface area contributed by atoms with Crippen LogP contribution in [0.5, 0.6) is 17.2 Å². The number of benzene rings is 2. The summed E-state index contributed by atoms with van der Waals surface area (Å²) in [7, 11) is 3.08. The minimum absolute atomic E-state index is 0.115. The molecular weight excluding hydrogens is 396 g/mol. The molecule has 31 heavy (non-hydrogen) atoms. The summed E-state index contributed by atoms with van der Waals surface area (Å²) in [6, 6.07) is 12.3. The maximum atomic E-state index is 13.1. The van der Waals surface area contributed by atoms with Gasteiger partial charge in [0.1, 0.15) is 22.9 Å². The number of carbonyl (C=O) groups is 2. The monoisotopic (exact) mass is 422 g/mol. The average Bonchev–Trinajstić information content (AvgIpc) is 3.02. The van der Waals surface area contributed by atoms with Gasteiger partial charge in [-0.1, -0.05) is 25.1 Å². The average molecular weight is 422 g/mol. The highest BCUT2D eigenvalue weighted by atomic mass is 16.5. The van der Waals surface area contributed by atoms with E-state index in [2.05, 4.69) is 11.9 Å². The van der Waals surface area contributed by atoms with E-state index < -0.39 is 5.91 Å². The Labute approximate surface area is 181 Å². The molecule has 3 rings (SSSR count). The van der Waals surface area contributed by atoms with Crippen LogP contribution in [0.4, 0.5) is 5.69 Å². The Morgan fingerprint density at radius 3 is 2.32 bits per heavy atom. The van der Waals surface area contributed by atoms with Crippen LogP contribution in [0.25, 0.3) is 5.57 Å². The SMILES string of the molecule is C=CCN1C(=O)C(Nc2ccc(OC)cc2OC)=C(c2ccc(OCCC)cc2)C1=O. The number of hydrogen-bond donors (Lipinski definition) is 1. The lowest BCUT2D eigenvalue weighted by molar-refractivity contribution is -0.136. The van der Waals surface area contributed by atoms with E-state index in [9.17, 15) is 9.59 Å². The van der Waals surface area contributed by atoms with E-state index in [0.717, 1.165) is 11.3 Å². The van der Waals surface area contributed by atoms with Crippen LogP contribution in [0.15, 0.2) is 60.8 Å². The molecule has 7 heteroatoms. The fraction of sp³-hybridized carbons (Fsp3) is 0.250. The molecule has 0 aliphatic carbocycles. The topological polar surface area (TPSA) is 77.1 Å². The largest absolute Gasteiger partial charge is 0.497 e. The maximum absolute atomic E-state index is 13.1. The summed E-state index contributed by atoms with van der Waals surface area (Å²) in [5, 5.41) is 3.10. The van der Waals surface area contributed by atoms with Gasteiger partial charge in [0, 0.05) is 12.6 Å². The lowest BCUT2D eigenvalue weighted by atomic mass is 10.0. The molecule has 2 aromatic carbocycles. The van der Waals surface area contributed by atoms with Crippen molar-refractivity contribution in [2.45, 2.75) is 13.3 Å². The summed E-state index contributed by atoms with van der Waals surface area (Å²) in [6.07, 6.45) is 2.42. The van der Waals surface area contributed by atoms with Gasteiger partial charge in [0.05, 0.1) is 32.1 Å². The van der Waals surface area contributed by atoms with Crippen LogP contribution in [0, 0.1) is 0 Å². The van der Waals surface area contributed by atoms with Gasteiger partial charge in [-0.05, 0) is 36.2 Å². The predicted octanol–water partition coefficient (Wildman–Crippen LogP) is 3.87. The molecule has 0 saturated heterocycles. The van der Waals surface area contributed by atoms with Crippen molar-refractivity contribution in [3.8, 4) is 17.2 Å². The first kappa shape index (κ1) is 22.0. The van der Waals surface area contributed by atoms with E-state index in [1.807, 2.05) is 6.92 Å². The highest BCUT2D eigenvalue weighted by molar-refractivity contribution is 6.36. The van der Waals surface area contributed by atoms with E-state index in [4.69, 9.17) is 14.2 Å². The molecule has 2 aromatic rings. The second-order valence-corrected chi connectivity index (χ2v) is 6.82. The van der Waals surface area contributed by atoms with Crippen molar-refractivity contribution in [1.29, 1.82) is 0 Å². The highest BCUT2D eigenvalue weighted by Gasteiger charge is 2.38. The van der Waals surface area contributed by atoms with Crippen LogP contribution in [0.2, 0.25) is 0 Å². The summed E-state index contributed by atoms with van der Waals surface area (Å²) < 4.78 is 16.3. The molecular formula is C24H26N2O5. The number of nitrogens with one attached hydrogen (secondary N) is 1. The van der Waals surface area contributed by atoms with Crippen LogP contribution in [0.1, 0.15) is 18.9 Å². The number of amides is 2. The van der Waals surface area contributed by atoms with Gasteiger partial charge in [-0.2, -0.15) is 0 Å². The standard InChI is InChI=1S/C24H26N2O5/c1-5-13-26-23(27)21(16-7-9-17(10-8-16)31-14-6-2)22(24(26)28)25-19-12-11-18(29-3)15-20(19)30-4/h5,7-12,15,25H,1,6,13-14H2,2-4H3. The molecule has 0 saturated carbocycles. The van der Waals surface area contributed by atoms with Gasteiger partial charge in [-0.15, -0.1) is 6.58 Å². The molecule has 0 fully saturated rings. The van der Waals surface area contributed by atoms with E-state index in [1.54, 1.807) is 49.6 Å². The Kier molecular flexibility index (Phi) is 6.97. The highest BCUT2D eigenvalue weighted by Crippen LogP contribution is 2.35. The third-order valence-corrected chi connectivity index (χ3v) is 4.76. The summed E-state index contributed by atoms with van der Waals surface area (Å²) in [6.45, 7) is 6.40. The number of nitrogens with zero attached hydrogens (tertiary/aromatic N) is 1. The normalized spacial score (nSPS) is 13.5. The predicted molar refractivity (Wildman–Crippen MR) is 119 cm³/mol. The van der Waals surface area contributed by atoms with Crippen molar-refractivity contribution in [3.05, 3.63) is 66.4 Å². The molecule has 162 valence electrons. The number of hydrogen-bond acceptors (Lipinski definition) is 6. The Morgan fingerprint density at radius 1 is 1.00 bits per heavy atom. The lowest BCUT2D eigenvalue weighted by Gasteiger charge is -2.14. The molecule has 0 radical (unpaired) electrons. The second kappa shape index (κ2) is 9.84. The van der Waals surface area contributed by atoms with E-state index in [-0.39, 0.29) is 23.7 Å². The Morgan fingerprint density at radius 2 is 1.71 bits per heavy atom. The zero-order valence-corrected chi connectivity index (χ0v) is 17.9. The molecule has 0 unspecified atom stereocenters. The zero-order valence-electron chi connectivity index (χ0n) is 17.9. The van der Waals surface area contributed by atoms with Gasteiger partial charge in [-0.3, -0.25) is 14.5 Å². The molecule has 0 aromatic heterocycles. The minimum atomic E-state index is -0.427.